The number of fused-ring (bicyclic) bond motifs is 1. The van der Waals surface area contributed by atoms with E-state index in [1.807, 2.05) is 0 Å². The van der Waals surface area contributed by atoms with Crippen LogP contribution in [0.4, 0.5) is 5.69 Å². The lowest BCUT2D eigenvalue weighted by Crippen LogP contribution is -2.12. The largest absolute Gasteiger partial charge is 0.506 e. The van der Waals surface area contributed by atoms with Gasteiger partial charge in [-0.15, -0.1) is 0 Å². The minimum Gasteiger partial charge on any atom is -0.506 e. The molecule has 0 fully saturated rings. The summed E-state index contributed by atoms with van der Waals surface area (Å²) < 4.78 is 37.2. The number of hydrogen-bond donors (Lipinski definition) is 2. The molecule has 0 saturated carbocycles. The molecule has 1 aliphatic rings. The maximum atomic E-state index is 12.3. The Morgan fingerprint density at radius 2 is 1.86 bits per heavy atom. The van der Waals surface area contributed by atoms with Gasteiger partial charge >= 0.3 is 0 Å². The van der Waals surface area contributed by atoms with E-state index in [4.69, 9.17) is 21.1 Å². The van der Waals surface area contributed by atoms with Crippen LogP contribution in [-0.2, 0) is 10.0 Å². The average Bonchev–Trinajstić information content (AvgIpc) is 2.90. The van der Waals surface area contributed by atoms with Crippen molar-refractivity contribution >= 4 is 27.3 Å². The monoisotopic (exact) mass is 327 g/mol. The van der Waals surface area contributed by atoms with E-state index in [-0.39, 0.29) is 28.1 Å². The van der Waals surface area contributed by atoms with Crippen molar-refractivity contribution in [1.82, 2.24) is 0 Å². The molecule has 0 bridgehead atoms. The van der Waals surface area contributed by atoms with E-state index in [0.717, 1.165) is 0 Å². The fourth-order valence-corrected chi connectivity index (χ4v) is 3.07. The summed E-state index contributed by atoms with van der Waals surface area (Å²) in [7, 11) is -3.79. The zero-order valence-electron chi connectivity index (χ0n) is 10.5. The van der Waals surface area contributed by atoms with Crippen molar-refractivity contribution in [1.29, 1.82) is 0 Å². The molecule has 110 valence electrons. The van der Waals surface area contributed by atoms with Gasteiger partial charge in [0.2, 0.25) is 6.79 Å². The summed E-state index contributed by atoms with van der Waals surface area (Å²) in [6, 6.07) is 8.36. The lowest BCUT2D eigenvalue weighted by Gasteiger charge is -2.09. The molecular weight excluding hydrogens is 318 g/mol. The van der Waals surface area contributed by atoms with Gasteiger partial charge in [-0.25, -0.2) is 8.42 Å². The number of hydrogen-bond acceptors (Lipinski definition) is 5. The summed E-state index contributed by atoms with van der Waals surface area (Å²) in [5.41, 5.74) is 0.246. The normalized spacial score (nSPS) is 13.2. The molecule has 0 aliphatic carbocycles. The Morgan fingerprint density at radius 3 is 2.62 bits per heavy atom. The van der Waals surface area contributed by atoms with Gasteiger partial charge < -0.3 is 14.6 Å². The van der Waals surface area contributed by atoms with Crippen LogP contribution in [0.3, 0.4) is 0 Å². The molecule has 3 rings (SSSR count). The van der Waals surface area contributed by atoms with Gasteiger partial charge in [-0.3, -0.25) is 4.72 Å². The van der Waals surface area contributed by atoms with Crippen molar-refractivity contribution in [2.75, 3.05) is 11.5 Å². The Hall–Kier alpha value is -2.12. The number of anilines is 1. The van der Waals surface area contributed by atoms with E-state index >= 15 is 0 Å². The first-order valence-electron chi connectivity index (χ1n) is 5.87. The summed E-state index contributed by atoms with van der Waals surface area (Å²) in [6.45, 7) is 0.0693. The number of sulfonamides is 1. The SMILES string of the molecule is O=S(=O)(Nc1ccc(O)c(Cl)c1)c1ccc2c(c1)OCO2. The van der Waals surface area contributed by atoms with Crippen LogP contribution in [0.15, 0.2) is 41.3 Å². The van der Waals surface area contributed by atoms with Crippen molar-refractivity contribution in [3.8, 4) is 17.2 Å². The minimum absolute atomic E-state index is 0.0379. The standard InChI is InChI=1S/C13H10ClNO5S/c14-10-5-8(1-3-11(10)16)15-21(17,18)9-2-4-12-13(6-9)20-7-19-12/h1-6,15-16H,7H2. The maximum Gasteiger partial charge on any atom is 0.262 e. The fraction of sp³-hybridized carbons (Fsp3) is 0.0769. The molecule has 2 aromatic rings. The number of phenols is 1. The van der Waals surface area contributed by atoms with Gasteiger partial charge in [0.25, 0.3) is 10.0 Å². The van der Waals surface area contributed by atoms with Crippen LogP contribution in [0.2, 0.25) is 5.02 Å². The zero-order chi connectivity index (χ0) is 15.0. The number of nitrogens with one attached hydrogen (secondary N) is 1. The summed E-state index contributed by atoms with van der Waals surface area (Å²) in [5.74, 6) is 0.755. The molecule has 0 radical (unpaired) electrons. The second-order valence-electron chi connectivity index (χ2n) is 4.29. The fourth-order valence-electron chi connectivity index (χ4n) is 1.83. The van der Waals surface area contributed by atoms with Crippen LogP contribution in [0.5, 0.6) is 17.2 Å². The first-order chi connectivity index (χ1) is 9.95. The first kappa shape index (κ1) is 13.8. The highest BCUT2D eigenvalue weighted by molar-refractivity contribution is 7.92. The van der Waals surface area contributed by atoms with Crippen molar-refractivity contribution in [3.05, 3.63) is 41.4 Å². The minimum atomic E-state index is -3.79. The molecule has 8 heteroatoms. The highest BCUT2D eigenvalue weighted by Crippen LogP contribution is 2.34. The van der Waals surface area contributed by atoms with Crippen LogP contribution >= 0.6 is 11.6 Å². The van der Waals surface area contributed by atoms with Gasteiger partial charge in [0.05, 0.1) is 15.6 Å². The van der Waals surface area contributed by atoms with Gasteiger partial charge in [-0.05, 0) is 30.3 Å². The second-order valence-corrected chi connectivity index (χ2v) is 6.38. The molecule has 2 aromatic carbocycles. The van der Waals surface area contributed by atoms with Crippen LogP contribution < -0.4 is 14.2 Å². The molecule has 0 aromatic heterocycles. The maximum absolute atomic E-state index is 12.3. The molecular formula is C13H10ClNO5S. The number of ether oxygens (including phenoxy) is 2. The molecule has 0 atom stereocenters. The smallest absolute Gasteiger partial charge is 0.262 e. The van der Waals surface area contributed by atoms with Gasteiger partial charge in [-0.2, -0.15) is 0 Å². The average molecular weight is 328 g/mol. The quantitative estimate of drug-likeness (QED) is 0.846. The lowest BCUT2D eigenvalue weighted by molar-refractivity contribution is 0.174. The van der Waals surface area contributed by atoms with Crippen molar-refractivity contribution in [2.24, 2.45) is 0 Å². The van der Waals surface area contributed by atoms with E-state index in [2.05, 4.69) is 4.72 Å². The molecule has 1 aliphatic heterocycles. The second kappa shape index (κ2) is 5.01. The highest BCUT2D eigenvalue weighted by atomic mass is 35.5. The molecule has 0 amide bonds. The predicted molar refractivity (Wildman–Crippen MR) is 76.5 cm³/mol. The van der Waals surface area contributed by atoms with Crippen molar-refractivity contribution in [3.63, 3.8) is 0 Å². The van der Waals surface area contributed by atoms with Crippen molar-refractivity contribution < 1.29 is 23.0 Å². The zero-order valence-corrected chi connectivity index (χ0v) is 12.1. The third kappa shape index (κ3) is 2.70. The van der Waals surface area contributed by atoms with Gasteiger partial charge in [-0.1, -0.05) is 11.6 Å². The molecule has 0 unspecified atom stereocenters. The van der Waals surface area contributed by atoms with Gasteiger partial charge in [0.15, 0.2) is 11.5 Å². The van der Waals surface area contributed by atoms with Crippen molar-refractivity contribution in [2.45, 2.75) is 4.90 Å². The number of aromatic hydroxyl groups is 1. The Bertz CT molecular complexity index is 806. The summed E-state index contributed by atoms with van der Waals surface area (Å²) in [4.78, 5) is 0.0379. The molecule has 21 heavy (non-hydrogen) atoms. The molecule has 0 saturated heterocycles. The Labute approximate surface area is 125 Å². The van der Waals surface area contributed by atoms with E-state index in [9.17, 15) is 13.5 Å². The summed E-state index contributed by atoms with van der Waals surface area (Å²) >= 11 is 5.74. The number of rotatable bonds is 3. The third-order valence-corrected chi connectivity index (χ3v) is 4.54. The first-order valence-corrected chi connectivity index (χ1v) is 7.73. The van der Waals surface area contributed by atoms with E-state index in [1.165, 1.54) is 36.4 Å². The van der Waals surface area contributed by atoms with Gasteiger partial charge in [0, 0.05) is 6.07 Å². The topological polar surface area (TPSA) is 84.9 Å². The molecule has 6 nitrogen and oxygen atoms in total. The third-order valence-electron chi connectivity index (χ3n) is 2.85. The van der Waals surface area contributed by atoms with E-state index in [1.54, 1.807) is 0 Å². The predicted octanol–water partition coefficient (Wildman–Crippen LogP) is 2.58. The van der Waals surface area contributed by atoms with Crippen LogP contribution in [0, 0.1) is 0 Å². The lowest BCUT2D eigenvalue weighted by atomic mass is 10.3. The van der Waals surface area contributed by atoms with E-state index < -0.39 is 10.0 Å². The Balaban J connectivity index is 1.91. The molecule has 1 heterocycles. The Kier molecular flexibility index (Phi) is 3.30. The van der Waals surface area contributed by atoms with E-state index in [0.29, 0.717) is 11.5 Å². The summed E-state index contributed by atoms with van der Waals surface area (Å²) in [5, 5.41) is 9.38. The Morgan fingerprint density at radius 1 is 1.10 bits per heavy atom. The van der Waals surface area contributed by atoms with Crippen LogP contribution in [-0.4, -0.2) is 20.3 Å². The summed E-state index contributed by atoms with van der Waals surface area (Å²) in [6.07, 6.45) is 0. The van der Waals surface area contributed by atoms with Crippen LogP contribution in [0.25, 0.3) is 0 Å². The number of benzene rings is 2. The molecule has 0 spiro atoms. The molecule has 2 N–H and O–H groups in total. The number of phenolic OH excluding ortho intramolecular Hbond substituents is 1. The van der Waals surface area contributed by atoms with Gasteiger partial charge in [0.1, 0.15) is 5.75 Å². The van der Waals surface area contributed by atoms with Crippen LogP contribution in [0.1, 0.15) is 0 Å². The number of halogens is 1. The highest BCUT2D eigenvalue weighted by Gasteiger charge is 2.20.